The SMILES string of the molecule is CN(c1ccc(C#N)cc1)c1ccc2ccc3c4c(ccc1c24)CCC=3N1CCc2ccccc21. The van der Waals surface area contributed by atoms with E-state index in [0.717, 1.165) is 31.5 Å². The zero-order valence-electron chi connectivity index (χ0n) is 19.8. The molecule has 168 valence electrons. The molecule has 3 nitrogen and oxygen atoms in total. The maximum Gasteiger partial charge on any atom is 0.0991 e. The zero-order valence-corrected chi connectivity index (χ0v) is 19.8. The van der Waals surface area contributed by atoms with Crippen molar-refractivity contribution in [1.82, 2.24) is 0 Å². The molecule has 35 heavy (non-hydrogen) atoms. The summed E-state index contributed by atoms with van der Waals surface area (Å²) in [7, 11) is 2.11. The number of nitrogens with zero attached hydrogens (tertiary/aromatic N) is 3. The first-order valence-electron chi connectivity index (χ1n) is 12.3. The Morgan fingerprint density at radius 1 is 0.771 bits per heavy atom. The number of hydrogen-bond acceptors (Lipinski definition) is 3. The minimum absolute atomic E-state index is 0.682. The van der Waals surface area contributed by atoms with Crippen LogP contribution in [0, 0.1) is 11.3 Å². The lowest BCUT2D eigenvalue weighted by molar-refractivity contribution is 0.913. The molecule has 1 heterocycles. The molecule has 0 saturated carbocycles. The van der Waals surface area contributed by atoms with Gasteiger partial charge in [-0.2, -0.15) is 5.26 Å². The van der Waals surface area contributed by atoms with Gasteiger partial charge in [-0.1, -0.05) is 48.5 Å². The fraction of sp³-hybridized carbons (Fsp3) is 0.156. The van der Waals surface area contributed by atoms with E-state index in [9.17, 15) is 5.26 Å². The van der Waals surface area contributed by atoms with Crippen LogP contribution in [0.3, 0.4) is 0 Å². The van der Waals surface area contributed by atoms with Crippen LogP contribution in [0.2, 0.25) is 0 Å². The maximum atomic E-state index is 9.18. The van der Waals surface area contributed by atoms with Gasteiger partial charge in [-0.25, -0.2) is 0 Å². The Balaban J connectivity index is 1.46. The van der Waals surface area contributed by atoms with Crippen molar-refractivity contribution in [3.05, 3.63) is 107 Å². The number of para-hydroxylation sites is 1. The van der Waals surface area contributed by atoms with Gasteiger partial charge < -0.3 is 9.80 Å². The summed E-state index contributed by atoms with van der Waals surface area (Å²) in [6, 6.07) is 32.7. The number of hydrogen-bond donors (Lipinski definition) is 0. The number of aryl methyl sites for hydroxylation is 1. The Hall–Kier alpha value is -4.29. The lowest BCUT2D eigenvalue weighted by Crippen LogP contribution is -2.28. The Labute approximate surface area is 205 Å². The van der Waals surface area contributed by atoms with Crippen molar-refractivity contribution in [3.8, 4) is 6.07 Å². The number of nitriles is 1. The van der Waals surface area contributed by atoms with Crippen LogP contribution in [0.25, 0.3) is 27.2 Å². The summed E-state index contributed by atoms with van der Waals surface area (Å²) in [6.07, 6.45) is 3.27. The number of rotatable bonds is 3. The second-order valence-electron chi connectivity index (χ2n) is 9.64. The van der Waals surface area contributed by atoms with Gasteiger partial charge in [0, 0.05) is 47.0 Å². The average molecular weight is 452 g/mol. The molecule has 1 aliphatic heterocycles. The second-order valence-corrected chi connectivity index (χ2v) is 9.64. The van der Waals surface area contributed by atoms with Crippen molar-refractivity contribution in [2.24, 2.45) is 0 Å². The monoisotopic (exact) mass is 451 g/mol. The molecule has 0 radical (unpaired) electrons. The average Bonchev–Trinajstić information content (AvgIpc) is 3.35. The smallest absolute Gasteiger partial charge is 0.0991 e. The van der Waals surface area contributed by atoms with Gasteiger partial charge in [-0.05, 0) is 82.9 Å². The molecule has 1 aliphatic carbocycles. The predicted molar refractivity (Wildman–Crippen MR) is 145 cm³/mol. The summed E-state index contributed by atoms with van der Waals surface area (Å²) in [5.74, 6) is 0. The minimum Gasteiger partial charge on any atom is -0.344 e. The molecule has 0 unspecified atom stereocenters. The van der Waals surface area contributed by atoms with Crippen LogP contribution in [0.1, 0.15) is 23.1 Å². The van der Waals surface area contributed by atoms with Crippen molar-refractivity contribution in [2.75, 3.05) is 23.4 Å². The Kier molecular flexibility index (Phi) is 4.38. The van der Waals surface area contributed by atoms with Gasteiger partial charge in [0.15, 0.2) is 0 Å². The molecule has 0 fully saturated rings. The first kappa shape index (κ1) is 20.1. The van der Waals surface area contributed by atoms with Gasteiger partial charge in [-0.3, -0.25) is 0 Å². The number of fused-ring (bicyclic) bond motifs is 1. The summed E-state index contributed by atoms with van der Waals surface area (Å²) in [5.41, 5.74) is 8.69. The van der Waals surface area contributed by atoms with Gasteiger partial charge in [0.05, 0.1) is 11.6 Å². The van der Waals surface area contributed by atoms with E-state index in [1.807, 2.05) is 24.3 Å². The van der Waals surface area contributed by atoms with Crippen LogP contribution in [-0.2, 0) is 12.8 Å². The van der Waals surface area contributed by atoms with E-state index < -0.39 is 0 Å². The van der Waals surface area contributed by atoms with Crippen LogP contribution in [0.5, 0.6) is 0 Å². The Morgan fingerprint density at radius 2 is 1.60 bits per heavy atom. The van der Waals surface area contributed by atoms with Gasteiger partial charge in [0.1, 0.15) is 0 Å². The second kappa shape index (κ2) is 7.61. The topological polar surface area (TPSA) is 30.3 Å². The van der Waals surface area contributed by atoms with E-state index in [1.54, 1.807) is 0 Å². The van der Waals surface area contributed by atoms with E-state index in [2.05, 4.69) is 83.6 Å². The van der Waals surface area contributed by atoms with E-state index in [-0.39, 0.29) is 0 Å². The lowest BCUT2D eigenvalue weighted by Gasteiger charge is -2.28. The minimum atomic E-state index is 0.682. The predicted octanol–water partition coefficient (Wildman–Crippen LogP) is 6.47. The summed E-state index contributed by atoms with van der Waals surface area (Å²) >= 11 is 0. The normalized spacial score (nSPS) is 14.4. The highest BCUT2D eigenvalue weighted by molar-refractivity contribution is 6.16. The van der Waals surface area contributed by atoms with Crippen molar-refractivity contribution < 1.29 is 0 Å². The molecule has 3 heteroatoms. The highest BCUT2D eigenvalue weighted by Crippen LogP contribution is 2.40. The van der Waals surface area contributed by atoms with Crippen molar-refractivity contribution in [2.45, 2.75) is 19.3 Å². The lowest BCUT2D eigenvalue weighted by atomic mass is 9.87. The van der Waals surface area contributed by atoms with E-state index >= 15 is 0 Å². The molecular weight excluding hydrogens is 426 g/mol. The van der Waals surface area contributed by atoms with Gasteiger partial charge in [0.2, 0.25) is 0 Å². The van der Waals surface area contributed by atoms with Gasteiger partial charge in [0.25, 0.3) is 0 Å². The molecule has 0 bridgehead atoms. The zero-order chi connectivity index (χ0) is 23.5. The van der Waals surface area contributed by atoms with Crippen LogP contribution in [0.4, 0.5) is 17.1 Å². The van der Waals surface area contributed by atoms with E-state index in [4.69, 9.17) is 0 Å². The molecule has 5 aromatic carbocycles. The van der Waals surface area contributed by atoms with Crippen LogP contribution in [-0.4, -0.2) is 13.6 Å². The van der Waals surface area contributed by atoms with Gasteiger partial charge >= 0.3 is 0 Å². The fourth-order valence-corrected chi connectivity index (χ4v) is 6.13. The molecule has 5 aromatic rings. The third-order valence-corrected chi connectivity index (χ3v) is 7.88. The molecule has 0 aromatic heterocycles. The Bertz CT molecular complexity index is 1720. The van der Waals surface area contributed by atoms with Crippen LogP contribution in [0.15, 0.2) is 84.9 Å². The highest BCUT2D eigenvalue weighted by atomic mass is 15.2. The summed E-state index contributed by atoms with van der Waals surface area (Å²) in [6.45, 7) is 1.06. The molecule has 7 rings (SSSR count). The van der Waals surface area contributed by atoms with Gasteiger partial charge in [-0.15, -0.1) is 0 Å². The fourth-order valence-electron chi connectivity index (χ4n) is 6.13. The standard InChI is InChI=1S/C32H25N3/c1-34(25-12-6-21(20-33)7-13-25)29-16-10-23-9-15-27-30(35-19-18-22-4-2-3-5-28(22)35)17-11-24-8-14-26(29)31(23)32(24)27/h2-10,12-16H,11,17-19H2,1H3. The third-order valence-electron chi connectivity index (χ3n) is 7.88. The summed E-state index contributed by atoms with van der Waals surface area (Å²) < 4.78 is 0. The first-order valence-corrected chi connectivity index (χ1v) is 12.3. The summed E-state index contributed by atoms with van der Waals surface area (Å²) in [5, 5.41) is 15.9. The molecule has 0 atom stereocenters. The maximum absolute atomic E-state index is 9.18. The van der Waals surface area contributed by atoms with Crippen LogP contribution >= 0.6 is 0 Å². The number of anilines is 3. The Morgan fingerprint density at radius 3 is 2.46 bits per heavy atom. The summed E-state index contributed by atoms with van der Waals surface area (Å²) in [4.78, 5) is 4.79. The van der Waals surface area contributed by atoms with Crippen LogP contribution < -0.4 is 15.0 Å². The number of benzene rings is 5. The molecule has 0 N–H and O–H groups in total. The highest BCUT2D eigenvalue weighted by Gasteiger charge is 2.25. The van der Waals surface area contributed by atoms with Crippen molar-refractivity contribution in [3.63, 3.8) is 0 Å². The van der Waals surface area contributed by atoms with E-state index in [1.165, 1.54) is 55.0 Å². The van der Waals surface area contributed by atoms with E-state index in [0.29, 0.717) is 5.56 Å². The van der Waals surface area contributed by atoms with Crippen molar-refractivity contribution >= 4 is 44.3 Å². The molecular formula is C32H25N3. The largest absolute Gasteiger partial charge is 0.344 e. The molecule has 0 spiro atoms. The quantitative estimate of drug-likeness (QED) is 0.315. The molecule has 0 saturated heterocycles. The first-order chi connectivity index (χ1) is 17.2. The third kappa shape index (κ3) is 2.97. The molecule has 2 aliphatic rings. The molecule has 0 amide bonds. The van der Waals surface area contributed by atoms with Crippen molar-refractivity contribution in [1.29, 1.82) is 5.26 Å².